The van der Waals surface area contributed by atoms with Gasteiger partial charge in [-0.1, -0.05) is 0 Å². The second kappa shape index (κ2) is 9.64. The van der Waals surface area contributed by atoms with Crippen LogP contribution < -0.4 is 16.0 Å². The number of anilines is 1. The monoisotopic (exact) mass is 513 g/mol. The molecule has 36 heavy (non-hydrogen) atoms. The average Bonchev–Trinajstić information content (AvgIpc) is 3.04. The highest BCUT2D eigenvalue weighted by Gasteiger charge is 2.49. The Labute approximate surface area is 203 Å². The SMILES string of the molecule is CC(C)OC1=NC(Nc2ccc(C(F)(F)F)cc2)(c2ncccc2C(F)(F)F)C2=C(CCNCC2)N1. The van der Waals surface area contributed by atoms with Crippen LogP contribution in [0, 0.1) is 0 Å². The molecular weight excluding hydrogens is 488 g/mol. The highest BCUT2D eigenvalue weighted by Crippen LogP contribution is 2.45. The largest absolute Gasteiger partial charge is 0.462 e. The fourth-order valence-corrected chi connectivity index (χ4v) is 4.28. The van der Waals surface area contributed by atoms with E-state index in [1.54, 1.807) is 13.8 Å². The third kappa shape index (κ3) is 5.28. The molecule has 1 aromatic carbocycles. The van der Waals surface area contributed by atoms with Gasteiger partial charge in [-0.2, -0.15) is 31.3 Å². The molecule has 2 aromatic rings. The Morgan fingerprint density at radius 3 is 2.31 bits per heavy atom. The Morgan fingerprint density at radius 2 is 1.67 bits per heavy atom. The number of hydrogen-bond donors (Lipinski definition) is 3. The Hall–Kier alpha value is -3.28. The molecule has 0 spiro atoms. The molecule has 2 aliphatic rings. The van der Waals surface area contributed by atoms with Crippen LogP contribution in [0.25, 0.3) is 0 Å². The molecule has 3 N–H and O–H groups in total. The molecule has 2 aliphatic heterocycles. The van der Waals surface area contributed by atoms with Crippen molar-refractivity contribution in [3.05, 3.63) is 70.7 Å². The maximum absolute atomic E-state index is 14.2. The van der Waals surface area contributed by atoms with Gasteiger partial charge in [-0.3, -0.25) is 4.98 Å². The van der Waals surface area contributed by atoms with Crippen molar-refractivity contribution < 1.29 is 31.1 Å². The van der Waals surface area contributed by atoms with Gasteiger partial charge in [-0.05, 0) is 63.2 Å². The summed E-state index contributed by atoms with van der Waals surface area (Å²) in [5.74, 6) is 0. The molecule has 0 saturated heterocycles. The Morgan fingerprint density at radius 1 is 0.972 bits per heavy atom. The molecule has 0 bridgehead atoms. The third-order valence-corrected chi connectivity index (χ3v) is 5.77. The van der Waals surface area contributed by atoms with Gasteiger partial charge in [-0.25, -0.2) is 0 Å². The molecular formula is C24H25F6N5O. The van der Waals surface area contributed by atoms with E-state index in [1.807, 2.05) is 0 Å². The zero-order chi connectivity index (χ0) is 26.1. The minimum Gasteiger partial charge on any atom is -0.462 e. The van der Waals surface area contributed by atoms with Gasteiger partial charge in [0.1, 0.15) is 5.69 Å². The van der Waals surface area contributed by atoms with E-state index in [4.69, 9.17) is 4.74 Å². The number of amidine groups is 1. The molecule has 0 amide bonds. The van der Waals surface area contributed by atoms with E-state index in [0.717, 1.165) is 30.3 Å². The second-order valence-corrected chi connectivity index (χ2v) is 8.72. The van der Waals surface area contributed by atoms with E-state index in [0.29, 0.717) is 37.2 Å². The molecule has 0 radical (unpaired) electrons. The van der Waals surface area contributed by atoms with E-state index in [9.17, 15) is 26.3 Å². The van der Waals surface area contributed by atoms with E-state index in [2.05, 4.69) is 25.9 Å². The second-order valence-electron chi connectivity index (χ2n) is 8.72. The highest BCUT2D eigenvalue weighted by atomic mass is 19.4. The van der Waals surface area contributed by atoms with Crippen LogP contribution in [0.5, 0.6) is 0 Å². The quantitative estimate of drug-likeness (QED) is 0.478. The van der Waals surface area contributed by atoms with Crippen LogP contribution >= 0.6 is 0 Å². The van der Waals surface area contributed by atoms with E-state index < -0.39 is 34.8 Å². The van der Waals surface area contributed by atoms with Crippen LogP contribution in [0.4, 0.5) is 32.0 Å². The van der Waals surface area contributed by atoms with Crippen molar-refractivity contribution in [1.82, 2.24) is 15.6 Å². The number of alkyl halides is 6. The number of hydrogen-bond acceptors (Lipinski definition) is 6. The summed E-state index contributed by atoms with van der Waals surface area (Å²) in [4.78, 5) is 8.71. The van der Waals surface area contributed by atoms with Gasteiger partial charge >= 0.3 is 12.4 Å². The van der Waals surface area contributed by atoms with Crippen molar-refractivity contribution in [3.63, 3.8) is 0 Å². The van der Waals surface area contributed by atoms with Crippen molar-refractivity contribution in [2.45, 2.75) is 50.8 Å². The van der Waals surface area contributed by atoms with Crippen LogP contribution in [0.3, 0.4) is 0 Å². The van der Waals surface area contributed by atoms with Gasteiger partial charge in [0.2, 0.25) is 5.66 Å². The standard InChI is InChI=1S/C24H25F6N5O/c1-14(2)36-21-33-19-10-13-31-12-9-17(19)22(35-21,20-18(24(28,29)30)4-3-11-32-20)34-16-7-5-15(6-8-16)23(25,26)27/h3-8,11,14,31,34H,9-10,12-13H2,1-2H3,(H,33,35). The lowest BCUT2D eigenvalue weighted by Gasteiger charge is -2.40. The van der Waals surface area contributed by atoms with Crippen LogP contribution in [-0.2, 0) is 22.8 Å². The van der Waals surface area contributed by atoms with Gasteiger partial charge in [-0.15, -0.1) is 0 Å². The summed E-state index contributed by atoms with van der Waals surface area (Å²) < 4.78 is 87.7. The summed E-state index contributed by atoms with van der Waals surface area (Å²) in [5.41, 5.74) is -2.95. The highest BCUT2D eigenvalue weighted by molar-refractivity contribution is 5.80. The van der Waals surface area contributed by atoms with Crippen LogP contribution in [0.1, 0.15) is 43.5 Å². The number of nitrogens with zero attached hydrogens (tertiary/aromatic N) is 2. The van der Waals surface area contributed by atoms with Crippen molar-refractivity contribution in [3.8, 4) is 0 Å². The average molecular weight is 513 g/mol. The number of aromatic nitrogens is 1. The van der Waals surface area contributed by atoms with E-state index >= 15 is 0 Å². The van der Waals surface area contributed by atoms with Crippen molar-refractivity contribution >= 4 is 11.7 Å². The normalized spacial score (nSPS) is 20.9. The summed E-state index contributed by atoms with van der Waals surface area (Å²) in [6.45, 7) is 4.51. The maximum Gasteiger partial charge on any atom is 0.418 e. The first-order valence-electron chi connectivity index (χ1n) is 11.3. The number of ether oxygens (including phenoxy) is 1. The van der Waals surface area contributed by atoms with Gasteiger partial charge in [0, 0.05) is 36.1 Å². The summed E-state index contributed by atoms with van der Waals surface area (Å²) in [5, 5.41) is 9.32. The molecule has 0 saturated carbocycles. The predicted octanol–water partition coefficient (Wildman–Crippen LogP) is 5.41. The lowest BCUT2D eigenvalue weighted by atomic mass is 9.86. The predicted molar refractivity (Wildman–Crippen MR) is 122 cm³/mol. The summed E-state index contributed by atoms with van der Waals surface area (Å²) in [6.07, 6.45) is -7.69. The van der Waals surface area contributed by atoms with Crippen molar-refractivity contribution in [1.29, 1.82) is 0 Å². The van der Waals surface area contributed by atoms with Crippen molar-refractivity contribution in [2.24, 2.45) is 4.99 Å². The van der Waals surface area contributed by atoms with Crippen LogP contribution in [0.2, 0.25) is 0 Å². The molecule has 6 nitrogen and oxygen atoms in total. The summed E-state index contributed by atoms with van der Waals surface area (Å²) in [7, 11) is 0. The smallest absolute Gasteiger partial charge is 0.418 e. The molecule has 1 atom stereocenters. The molecule has 3 heterocycles. The zero-order valence-corrected chi connectivity index (χ0v) is 19.5. The zero-order valence-electron chi connectivity index (χ0n) is 19.5. The van der Waals surface area contributed by atoms with Crippen molar-refractivity contribution in [2.75, 3.05) is 18.4 Å². The third-order valence-electron chi connectivity index (χ3n) is 5.77. The summed E-state index contributed by atoms with van der Waals surface area (Å²) >= 11 is 0. The molecule has 0 fully saturated rings. The number of benzene rings is 1. The Balaban J connectivity index is 1.96. The lowest BCUT2D eigenvalue weighted by molar-refractivity contribution is -0.139. The number of nitrogens with one attached hydrogen (secondary N) is 3. The van der Waals surface area contributed by atoms with Gasteiger partial charge in [0.05, 0.1) is 17.2 Å². The molecule has 194 valence electrons. The maximum atomic E-state index is 14.2. The fourth-order valence-electron chi connectivity index (χ4n) is 4.28. The minimum atomic E-state index is -4.76. The molecule has 1 aromatic heterocycles. The topological polar surface area (TPSA) is 70.6 Å². The minimum absolute atomic E-state index is 0.0103. The van der Waals surface area contributed by atoms with Crippen LogP contribution in [0.15, 0.2) is 58.9 Å². The number of halogens is 6. The van der Waals surface area contributed by atoms with E-state index in [-0.39, 0.29) is 17.8 Å². The van der Waals surface area contributed by atoms with Crippen LogP contribution in [-0.4, -0.2) is 30.2 Å². The first kappa shape index (κ1) is 25.8. The Bertz CT molecular complexity index is 1160. The fraction of sp³-hybridized carbons (Fsp3) is 0.417. The number of rotatable bonds is 4. The summed E-state index contributed by atoms with van der Waals surface area (Å²) in [6, 6.07) is 6.13. The first-order chi connectivity index (χ1) is 16.9. The van der Waals surface area contributed by atoms with Gasteiger partial charge in [0.25, 0.3) is 6.02 Å². The lowest BCUT2D eigenvalue weighted by Crippen LogP contribution is -2.47. The van der Waals surface area contributed by atoms with Gasteiger partial charge < -0.3 is 20.7 Å². The molecule has 0 aliphatic carbocycles. The molecule has 1 unspecified atom stereocenters. The van der Waals surface area contributed by atoms with E-state index in [1.165, 1.54) is 12.3 Å². The first-order valence-corrected chi connectivity index (χ1v) is 11.3. The molecule has 4 rings (SSSR count). The number of pyridine rings is 1. The Kier molecular flexibility index (Phi) is 6.91. The number of aliphatic imine (C=N–C) groups is 1. The molecule has 12 heteroatoms. The van der Waals surface area contributed by atoms with Gasteiger partial charge in [0.15, 0.2) is 0 Å².